The summed E-state index contributed by atoms with van der Waals surface area (Å²) < 4.78 is 1.93. The third-order valence-corrected chi connectivity index (χ3v) is 5.35. The van der Waals surface area contributed by atoms with E-state index >= 15 is 0 Å². The number of halogens is 1. The lowest BCUT2D eigenvalue weighted by Gasteiger charge is -2.27. The molecule has 0 fully saturated rings. The van der Waals surface area contributed by atoms with Gasteiger partial charge in [0.15, 0.2) is 5.96 Å². The zero-order valence-corrected chi connectivity index (χ0v) is 20.0. The van der Waals surface area contributed by atoms with E-state index in [0.29, 0.717) is 6.54 Å². The first kappa shape index (κ1) is 22.5. The van der Waals surface area contributed by atoms with E-state index in [1.165, 1.54) is 34.5 Å². The van der Waals surface area contributed by atoms with E-state index < -0.39 is 0 Å². The van der Waals surface area contributed by atoms with E-state index in [1.54, 1.807) is 0 Å². The maximum atomic E-state index is 4.79. The summed E-state index contributed by atoms with van der Waals surface area (Å²) in [6.45, 7) is 9.64. The van der Waals surface area contributed by atoms with Crippen LogP contribution in [-0.2, 0) is 26.6 Å². The number of hydrogen-bond donors (Lipinski definition) is 2. The van der Waals surface area contributed by atoms with Crippen LogP contribution in [-0.4, -0.2) is 35.9 Å². The number of aryl methyl sites for hydroxylation is 3. The van der Waals surface area contributed by atoms with Crippen molar-refractivity contribution < 1.29 is 0 Å². The van der Waals surface area contributed by atoms with E-state index in [0.717, 1.165) is 37.7 Å². The first-order valence-corrected chi connectivity index (χ1v) is 9.83. The van der Waals surface area contributed by atoms with Gasteiger partial charge >= 0.3 is 0 Å². The van der Waals surface area contributed by atoms with Crippen molar-refractivity contribution in [1.29, 1.82) is 0 Å². The number of aromatic nitrogens is 2. The highest BCUT2D eigenvalue weighted by Crippen LogP contribution is 2.27. The zero-order valence-electron chi connectivity index (χ0n) is 17.7. The Morgan fingerprint density at radius 3 is 2.68 bits per heavy atom. The molecule has 2 aromatic rings. The Morgan fingerprint density at radius 2 is 2.00 bits per heavy atom. The molecule has 3 rings (SSSR count). The predicted molar refractivity (Wildman–Crippen MR) is 128 cm³/mol. The second kappa shape index (κ2) is 10.1. The molecule has 28 heavy (non-hydrogen) atoms. The van der Waals surface area contributed by atoms with Crippen molar-refractivity contribution in [3.05, 3.63) is 46.3 Å². The smallest absolute Gasteiger partial charge is 0.191 e. The quantitative estimate of drug-likeness (QED) is 0.379. The number of aliphatic imine (C=N–C) groups is 1. The van der Waals surface area contributed by atoms with Gasteiger partial charge in [0.25, 0.3) is 0 Å². The highest BCUT2D eigenvalue weighted by atomic mass is 127. The van der Waals surface area contributed by atoms with Crippen LogP contribution in [0.4, 0.5) is 5.69 Å². The molecular weight excluding hydrogens is 463 g/mol. The topological polar surface area (TPSA) is 57.5 Å². The highest BCUT2D eigenvalue weighted by molar-refractivity contribution is 14.0. The van der Waals surface area contributed by atoms with Gasteiger partial charge in [0.1, 0.15) is 0 Å². The van der Waals surface area contributed by atoms with Crippen LogP contribution in [0.25, 0.3) is 0 Å². The second-order valence-electron chi connectivity index (χ2n) is 7.31. The molecule has 0 atom stereocenters. The van der Waals surface area contributed by atoms with E-state index in [1.807, 2.05) is 11.7 Å². The van der Waals surface area contributed by atoms with Crippen LogP contribution in [0.2, 0.25) is 0 Å². The van der Waals surface area contributed by atoms with Gasteiger partial charge < -0.3 is 15.5 Å². The van der Waals surface area contributed by atoms with E-state index in [-0.39, 0.29) is 24.0 Å². The zero-order chi connectivity index (χ0) is 19.4. The Morgan fingerprint density at radius 1 is 1.21 bits per heavy atom. The molecule has 1 aromatic heterocycles. The van der Waals surface area contributed by atoms with Gasteiger partial charge in [-0.15, -0.1) is 24.0 Å². The summed E-state index contributed by atoms with van der Waals surface area (Å²) in [4.78, 5) is 7.13. The number of fused-ring (bicyclic) bond motifs is 1. The number of rotatable bonds is 5. The number of nitrogens with zero attached hydrogens (tertiary/aromatic N) is 4. The van der Waals surface area contributed by atoms with Gasteiger partial charge in [-0.1, -0.05) is 12.1 Å². The number of benzene rings is 1. The SMILES string of the molecule is CCNC(=NCc1ccc2c(c1)CCCN2C)NCc1c(C)nn(C)c1C.I. The molecule has 1 aliphatic heterocycles. The van der Waals surface area contributed by atoms with Gasteiger partial charge in [-0.05, 0) is 50.8 Å². The lowest BCUT2D eigenvalue weighted by atomic mass is 10.00. The summed E-state index contributed by atoms with van der Waals surface area (Å²) >= 11 is 0. The molecule has 2 N–H and O–H groups in total. The van der Waals surface area contributed by atoms with Gasteiger partial charge in [-0.3, -0.25) is 4.68 Å². The third kappa shape index (κ3) is 5.18. The van der Waals surface area contributed by atoms with Crippen LogP contribution >= 0.6 is 24.0 Å². The van der Waals surface area contributed by atoms with Gasteiger partial charge in [0.2, 0.25) is 0 Å². The van der Waals surface area contributed by atoms with Crippen molar-refractivity contribution in [2.24, 2.45) is 12.0 Å². The van der Waals surface area contributed by atoms with Crippen molar-refractivity contribution in [1.82, 2.24) is 20.4 Å². The van der Waals surface area contributed by atoms with Crippen molar-refractivity contribution in [2.45, 2.75) is 46.7 Å². The average molecular weight is 496 g/mol. The summed E-state index contributed by atoms with van der Waals surface area (Å²) in [5.41, 5.74) is 7.55. The fourth-order valence-corrected chi connectivity index (χ4v) is 3.69. The second-order valence-corrected chi connectivity index (χ2v) is 7.31. The molecular formula is C21H33IN6. The van der Waals surface area contributed by atoms with Crippen LogP contribution < -0.4 is 15.5 Å². The minimum Gasteiger partial charge on any atom is -0.374 e. The molecule has 6 nitrogen and oxygen atoms in total. The number of anilines is 1. The molecule has 0 spiro atoms. The van der Waals surface area contributed by atoms with Crippen molar-refractivity contribution in [2.75, 3.05) is 25.0 Å². The fourth-order valence-electron chi connectivity index (χ4n) is 3.69. The summed E-state index contributed by atoms with van der Waals surface area (Å²) in [6, 6.07) is 6.75. The van der Waals surface area contributed by atoms with Gasteiger partial charge in [0.05, 0.1) is 12.2 Å². The molecule has 0 unspecified atom stereocenters. The Hall–Kier alpha value is -1.77. The molecule has 0 radical (unpaired) electrons. The number of guanidine groups is 1. The Bertz CT molecular complexity index is 827. The number of nitrogens with one attached hydrogen (secondary N) is 2. The maximum Gasteiger partial charge on any atom is 0.191 e. The lowest BCUT2D eigenvalue weighted by molar-refractivity contribution is 0.728. The van der Waals surface area contributed by atoms with Crippen LogP contribution in [0, 0.1) is 13.8 Å². The first-order chi connectivity index (χ1) is 13.0. The lowest BCUT2D eigenvalue weighted by Crippen LogP contribution is -2.37. The molecule has 0 saturated carbocycles. The molecule has 2 heterocycles. The average Bonchev–Trinajstić information content (AvgIpc) is 2.89. The van der Waals surface area contributed by atoms with Crippen LogP contribution in [0.3, 0.4) is 0 Å². The van der Waals surface area contributed by atoms with Crippen molar-refractivity contribution >= 4 is 35.6 Å². The Kier molecular flexibility index (Phi) is 8.15. The maximum absolute atomic E-state index is 4.79. The molecule has 1 aromatic carbocycles. The van der Waals surface area contributed by atoms with Crippen molar-refractivity contribution in [3.8, 4) is 0 Å². The van der Waals surface area contributed by atoms with Crippen LogP contribution in [0.5, 0.6) is 0 Å². The minimum atomic E-state index is 0. The molecule has 154 valence electrons. The normalized spacial score (nSPS) is 13.8. The molecule has 7 heteroatoms. The van der Waals surface area contributed by atoms with Gasteiger partial charge in [-0.25, -0.2) is 4.99 Å². The van der Waals surface area contributed by atoms with Gasteiger partial charge in [-0.2, -0.15) is 5.10 Å². The predicted octanol–water partition coefficient (Wildman–Crippen LogP) is 3.29. The van der Waals surface area contributed by atoms with Crippen LogP contribution in [0.1, 0.15) is 41.4 Å². The standard InChI is InChI=1S/C21H32N6.HI/c1-6-22-21(24-14-19-15(2)25-27(5)16(19)3)23-13-17-9-10-20-18(12-17)8-7-11-26(20)4;/h9-10,12H,6-8,11,13-14H2,1-5H3,(H2,22,23,24);1H. The van der Waals surface area contributed by atoms with Crippen molar-refractivity contribution in [3.63, 3.8) is 0 Å². The summed E-state index contributed by atoms with van der Waals surface area (Å²) in [7, 11) is 4.16. The molecule has 0 aliphatic carbocycles. The highest BCUT2D eigenvalue weighted by Gasteiger charge is 2.14. The summed E-state index contributed by atoms with van der Waals surface area (Å²) in [5, 5.41) is 11.3. The van der Waals surface area contributed by atoms with E-state index in [9.17, 15) is 0 Å². The molecule has 0 saturated heterocycles. The first-order valence-electron chi connectivity index (χ1n) is 9.83. The molecule has 0 amide bonds. The van der Waals surface area contributed by atoms with E-state index in [4.69, 9.17) is 4.99 Å². The van der Waals surface area contributed by atoms with E-state index in [2.05, 4.69) is 66.7 Å². The summed E-state index contributed by atoms with van der Waals surface area (Å²) in [6.07, 6.45) is 2.39. The molecule has 0 bridgehead atoms. The largest absolute Gasteiger partial charge is 0.374 e. The van der Waals surface area contributed by atoms with Gasteiger partial charge in [0, 0.05) is 50.7 Å². The Labute approximate surface area is 185 Å². The molecule has 1 aliphatic rings. The Balaban J connectivity index is 0.00000280. The van der Waals surface area contributed by atoms with Crippen LogP contribution in [0.15, 0.2) is 23.2 Å². The summed E-state index contributed by atoms with van der Waals surface area (Å²) in [5.74, 6) is 0.843. The monoisotopic (exact) mass is 496 g/mol. The minimum absolute atomic E-state index is 0. The fraction of sp³-hybridized carbons (Fsp3) is 0.524. The third-order valence-electron chi connectivity index (χ3n) is 5.35. The number of hydrogen-bond acceptors (Lipinski definition) is 3.